The van der Waals surface area contributed by atoms with Gasteiger partial charge in [0, 0.05) is 11.2 Å². The molecular formula is C13H17BrClFO. The smallest absolute Gasteiger partial charge is 0.138 e. The van der Waals surface area contributed by atoms with Crippen LogP contribution in [0.3, 0.4) is 0 Å². The minimum absolute atomic E-state index is 0.149. The molecule has 0 aromatic heterocycles. The summed E-state index contributed by atoms with van der Waals surface area (Å²) in [5, 5.41) is 1.17. The second-order valence-corrected chi connectivity index (χ2v) is 6.16. The standard InChI is InChI=1S/C13H17BrClFO/c1-13(2,3)9(7-14)8-17-12-5-4-10(16)6-11(12)15/h4-6,9H,7-8H2,1-3H3. The van der Waals surface area contributed by atoms with E-state index < -0.39 is 0 Å². The van der Waals surface area contributed by atoms with Crippen LogP contribution in [0, 0.1) is 17.2 Å². The Labute approximate surface area is 115 Å². The van der Waals surface area contributed by atoms with Crippen molar-refractivity contribution < 1.29 is 9.13 Å². The van der Waals surface area contributed by atoms with E-state index in [2.05, 4.69) is 36.7 Å². The lowest BCUT2D eigenvalue weighted by atomic mass is 9.83. The number of halogens is 3. The largest absolute Gasteiger partial charge is 0.492 e. The molecule has 1 rings (SSSR count). The molecule has 1 aromatic carbocycles. The van der Waals surface area contributed by atoms with Gasteiger partial charge in [0.05, 0.1) is 11.6 Å². The number of hydrogen-bond donors (Lipinski definition) is 0. The van der Waals surface area contributed by atoms with Crippen molar-refractivity contribution in [2.75, 3.05) is 11.9 Å². The fraction of sp³-hybridized carbons (Fsp3) is 0.538. The van der Waals surface area contributed by atoms with E-state index in [4.69, 9.17) is 16.3 Å². The van der Waals surface area contributed by atoms with Crippen LogP contribution < -0.4 is 4.74 Å². The fourth-order valence-electron chi connectivity index (χ4n) is 1.31. The third-order valence-corrected chi connectivity index (χ3v) is 3.82. The summed E-state index contributed by atoms with van der Waals surface area (Å²) in [6, 6.07) is 4.17. The van der Waals surface area contributed by atoms with Crippen molar-refractivity contribution in [3.63, 3.8) is 0 Å². The van der Waals surface area contributed by atoms with E-state index in [1.807, 2.05) is 0 Å². The number of alkyl halides is 1. The molecule has 0 bridgehead atoms. The maximum atomic E-state index is 12.9. The minimum Gasteiger partial charge on any atom is -0.492 e. The van der Waals surface area contributed by atoms with E-state index in [9.17, 15) is 4.39 Å². The summed E-state index contributed by atoms with van der Waals surface area (Å²) in [5.74, 6) is 0.544. The first-order valence-electron chi connectivity index (χ1n) is 5.48. The summed E-state index contributed by atoms with van der Waals surface area (Å²) in [6.07, 6.45) is 0. The Bertz CT molecular complexity index is 376. The summed E-state index contributed by atoms with van der Waals surface area (Å²) >= 11 is 9.38. The van der Waals surface area contributed by atoms with Crippen LogP contribution in [0.5, 0.6) is 5.75 Å². The van der Waals surface area contributed by atoms with Gasteiger partial charge in [-0.2, -0.15) is 0 Å². The minimum atomic E-state index is -0.352. The first-order valence-corrected chi connectivity index (χ1v) is 6.98. The lowest BCUT2D eigenvalue weighted by Gasteiger charge is -2.29. The average Bonchev–Trinajstić information content (AvgIpc) is 2.19. The van der Waals surface area contributed by atoms with E-state index in [1.54, 1.807) is 6.07 Å². The molecule has 4 heteroatoms. The van der Waals surface area contributed by atoms with Crippen LogP contribution in [0.4, 0.5) is 4.39 Å². The highest BCUT2D eigenvalue weighted by molar-refractivity contribution is 9.09. The Morgan fingerprint density at radius 2 is 2.06 bits per heavy atom. The van der Waals surface area contributed by atoms with Gasteiger partial charge in [0.1, 0.15) is 11.6 Å². The second kappa shape index (κ2) is 6.05. The van der Waals surface area contributed by atoms with Gasteiger partial charge in [-0.1, -0.05) is 48.3 Å². The molecule has 1 unspecified atom stereocenters. The molecule has 0 fully saturated rings. The molecule has 0 N–H and O–H groups in total. The van der Waals surface area contributed by atoms with Gasteiger partial charge in [0.15, 0.2) is 0 Å². The lowest BCUT2D eigenvalue weighted by molar-refractivity contribution is 0.166. The summed E-state index contributed by atoms with van der Waals surface area (Å²) in [7, 11) is 0. The zero-order valence-corrected chi connectivity index (χ0v) is 12.6. The van der Waals surface area contributed by atoms with Gasteiger partial charge >= 0.3 is 0 Å². The fourth-order valence-corrected chi connectivity index (χ4v) is 2.69. The maximum absolute atomic E-state index is 12.9. The lowest BCUT2D eigenvalue weighted by Crippen LogP contribution is -2.27. The molecule has 0 aliphatic heterocycles. The van der Waals surface area contributed by atoms with E-state index in [1.165, 1.54) is 12.1 Å². The van der Waals surface area contributed by atoms with Crippen molar-refractivity contribution in [2.45, 2.75) is 20.8 Å². The molecule has 0 aliphatic rings. The highest BCUT2D eigenvalue weighted by Crippen LogP contribution is 2.30. The number of benzene rings is 1. The van der Waals surface area contributed by atoms with Crippen molar-refractivity contribution >= 4 is 27.5 Å². The summed E-state index contributed by atoms with van der Waals surface area (Å²) in [4.78, 5) is 0. The molecule has 0 radical (unpaired) electrons. The average molecular weight is 324 g/mol. The molecule has 0 aliphatic carbocycles. The Hall–Kier alpha value is -0.280. The molecule has 0 heterocycles. The van der Waals surface area contributed by atoms with Crippen LogP contribution in [-0.2, 0) is 0 Å². The van der Waals surface area contributed by atoms with Gasteiger partial charge in [-0.15, -0.1) is 0 Å². The summed E-state index contributed by atoms with van der Waals surface area (Å²) in [6.45, 7) is 7.04. The Morgan fingerprint density at radius 3 is 2.53 bits per heavy atom. The Kier molecular flexibility index (Phi) is 5.26. The maximum Gasteiger partial charge on any atom is 0.138 e. The predicted molar refractivity (Wildman–Crippen MR) is 73.6 cm³/mol. The molecule has 0 saturated carbocycles. The topological polar surface area (TPSA) is 9.23 Å². The molecule has 1 atom stereocenters. The molecule has 17 heavy (non-hydrogen) atoms. The van der Waals surface area contributed by atoms with Crippen LogP contribution in [0.25, 0.3) is 0 Å². The third-order valence-electron chi connectivity index (χ3n) is 2.74. The highest BCUT2D eigenvalue weighted by atomic mass is 79.9. The van der Waals surface area contributed by atoms with Crippen LogP contribution in [0.1, 0.15) is 20.8 Å². The normalized spacial score (nSPS) is 13.5. The van der Waals surface area contributed by atoms with E-state index >= 15 is 0 Å². The van der Waals surface area contributed by atoms with Crippen LogP contribution in [-0.4, -0.2) is 11.9 Å². The van der Waals surface area contributed by atoms with Crippen LogP contribution in [0.15, 0.2) is 18.2 Å². The van der Waals surface area contributed by atoms with Crippen molar-refractivity contribution in [2.24, 2.45) is 11.3 Å². The zero-order valence-electron chi connectivity index (χ0n) is 10.3. The van der Waals surface area contributed by atoms with Gasteiger partial charge in [0.2, 0.25) is 0 Å². The van der Waals surface area contributed by atoms with Crippen molar-refractivity contribution in [1.82, 2.24) is 0 Å². The molecule has 1 nitrogen and oxygen atoms in total. The molecule has 96 valence electrons. The van der Waals surface area contributed by atoms with Gasteiger partial charge < -0.3 is 4.74 Å². The van der Waals surface area contributed by atoms with E-state index in [0.29, 0.717) is 23.3 Å². The highest BCUT2D eigenvalue weighted by Gasteiger charge is 2.24. The van der Waals surface area contributed by atoms with Crippen molar-refractivity contribution in [3.8, 4) is 5.75 Å². The molecule has 1 aromatic rings. The molecule has 0 amide bonds. The predicted octanol–water partition coefficient (Wildman–Crippen LogP) is 4.92. The SMILES string of the molecule is CC(C)(C)C(CBr)COc1ccc(F)cc1Cl. The number of hydrogen-bond acceptors (Lipinski definition) is 1. The van der Waals surface area contributed by atoms with E-state index in [-0.39, 0.29) is 11.2 Å². The quantitative estimate of drug-likeness (QED) is 0.715. The third kappa shape index (κ3) is 4.47. The van der Waals surface area contributed by atoms with Crippen LogP contribution in [0.2, 0.25) is 5.02 Å². The van der Waals surface area contributed by atoms with Crippen molar-refractivity contribution in [3.05, 3.63) is 29.0 Å². The molecular weight excluding hydrogens is 306 g/mol. The van der Waals surface area contributed by atoms with Gasteiger partial charge in [-0.3, -0.25) is 0 Å². The summed E-state index contributed by atoms with van der Waals surface area (Å²) < 4.78 is 18.5. The monoisotopic (exact) mass is 322 g/mol. The zero-order chi connectivity index (χ0) is 13.1. The number of rotatable bonds is 4. The first kappa shape index (κ1) is 14.8. The van der Waals surface area contributed by atoms with E-state index in [0.717, 1.165) is 5.33 Å². The summed E-state index contributed by atoms with van der Waals surface area (Å²) in [5.41, 5.74) is 0.149. The molecule has 0 spiro atoms. The molecule has 0 saturated heterocycles. The number of ether oxygens (including phenoxy) is 1. The Balaban J connectivity index is 2.66. The Morgan fingerprint density at radius 1 is 1.41 bits per heavy atom. The van der Waals surface area contributed by atoms with Gasteiger partial charge in [0.25, 0.3) is 0 Å². The van der Waals surface area contributed by atoms with Crippen LogP contribution >= 0.6 is 27.5 Å². The van der Waals surface area contributed by atoms with Gasteiger partial charge in [-0.25, -0.2) is 4.39 Å². The van der Waals surface area contributed by atoms with Gasteiger partial charge in [-0.05, 0) is 23.6 Å². The second-order valence-electron chi connectivity index (χ2n) is 5.10. The van der Waals surface area contributed by atoms with Crippen molar-refractivity contribution in [1.29, 1.82) is 0 Å². The first-order chi connectivity index (χ1) is 7.84.